The van der Waals surface area contributed by atoms with Crippen molar-refractivity contribution >= 4 is 11.3 Å². The molecule has 0 amide bonds. The molecule has 6 heteroatoms. The van der Waals surface area contributed by atoms with Gasteiger partial charge in [-0.2, -0.15) is 0 Å². The van der Waals surface area contributed by atoms with E-state index in [1.807, 2.05) is 17.5 Å². The SMILES string of the molecule is OC(CNCc1ccon1)COCc1cccs1. The molecule has 2 aromatic rings. The van der Waals surface area contributed by atoms with E-state index >= 15 is 0 Å². The normalized spacial score (nSPS) is 12.7. The van der Waals surface area contributed by atoms with E-state index in [2.05, 4.69) is 10.5 Å². The van der Waals surface area contributed by atoms with E-state index < -0.39 is 6.10 Å². The van der Waals surface area contributed by atoms with Crippen molar-refractivity contribution in [3.8, 4) is 0 Å². The molecule has 5 nitrogen and oxygen atoms in total. The molecule has 0 aliphatic rings. The van der Waals surface area contributed by atoms with Gasteiger partial charge in [-0.25, -0.2) is 0 Å². The van der Waals surface area contributed by atoms with Gasteiger partial charge in [0.2, 0.25) is 0 Å². The number of aliphatic hydroxyl groups is 1. The third kappa shape index (κ3) is 4.58. The minimum atomic E-state index is -0.517. The summed E-state index contributed by atoms with van der Waals surface area (Å²) in [5.74, 6) is 0. The minimum absolute atomic E-state index is 0.323. The summed E-state index contributed by atoms with van der Waals surface area (Å²) in [4.78, 5) is 1.16. The summed E-state index contributed by atoms with van der Waals surface area (Å²) in [5.41, 5.74) is 0.821. The Hall–Kier alpha value is -1.21. The van der Waals surface area contributed by atoms with Gasteiger partial charge in [0.15, 0.2) is 0 Å². The summed E-state index contributed by atoms with van der Waals surface area (Å²) < 4.78 is 10.1. The van der Waals surface area contributed by atoms with Crippen LogP contribution < -0.4 is 5.32 Å². The number of rotatable bonds is 8. The number of hydrogen-bond donors (Lipinski definition) is 2. The first-order valence-electron chi connectivity index (χ1n) is 5.73. The quantitative estimate of drug-likeness (QED) is 0.757. The Morgan fingerprint density at radius 3 is 3.17 bits per heavy atom. The molecule has 0 saturated heterocycles. The van der Waals surface area contributed by atoms with E-state index in [0.717, 1.165) is 10.6 Å². The summed E-state index contributed by atoms with van der Waals surface area (Å²) in [6.45, 7) is 1.93. The van der Waals surface area contributed by atoms with Crippen LogP contribution in [0.1, 0.15) is 10.6 Å². The molecule has 0 aliphatic carbocycles. The number of nitrogens with zero attached hydrogens (tertiary/aromatic N) is 1. The first kappa shape index (κ1) is 13.2. The smallest absolute Gasteiger partial charge is 0.124 e. The lowest BCUT2D eigenvalue weighted by molar-refractivity contribution is 0.0297. The molecule has 0 saturated carbocycles. The van der Waals surface area contributed by atoms with Gasteiger partial charge in [-0.15, -0.1) is 11.3 Å². The Labute approximate surface area is 109 Å². The third-order valence-electron chi connectivity index (χ3n) is 2.31. The van der Waals surface area contributed by atoms with Crippen molar-refractivity contribution in [3.05, 3.63) is 40.4 Å². The monoisotopic (exact) mass is 268 g/mol. The lowest BCUT2D eigenvalue weighted by atomic mass is 10.3. The van der Waals surface area contributed by atoms with Gasteiger partial charge in [-0.1, -0.05) is 11.2 Å². The second kappa shape index (κ2) is 7.27. The van der Waals surface area contributed by atoms with Crippen molar-refractivity contribution in [2.24, 2.45) is 0 Å². The summed E-state index contributed by atoms with van der Waals surface area (Å²) in [6.07, 6.45) is 1.01. The minimum Gasteiger partial charge on any atom is -0.389 e. The maximum absolute atomic E-state index is 9.68. The van der Waals surface area contributed by atoms with Crippen molar-refractivity contribution < 1.29 is 14.4 Å². The fourth-order valence-electron chi connectivity index (χ4n) is 1.44. The van der Waals surface area contributed by atoms with Crippen LogP contribution >= 0.6 is 11.3 Å². The van der Waals surface area contributed by atoms with E-state index in [1.54, 1.807) is 17.4 Å². The molecule has 0 fully saturated rings. The van der Waals surface area contributed by atoms with Crippen LogP contribution in [0.4, 0.5) is 0 Å². The zero-order valence-electron chi connectivity index (χ0n) is 9.91. The molecule has 2 aromatic heterocycles. The summed E-state index contributed by atoms with van der Waals surface area (Å²) in [6, 6.07) is 5.78. The summed E-state index contributed by atoms with van der Waals surface area (Å²) in [5, 5.41) is 18.5. The van der Waals surface area contributed by atoms with Gasteiger partial charge in [0, 0.05) is 24.0 Å². The Bertz CT molecular complexity index is 376. The van der Waals surface area contributed by atoms with Crippen LogP contribution in [-0.2, 0) is 17.9 Å². The summed E-state index contributed by atoms with van der Waals surface area (Å²) in [7, 11) is 0. The molecule has 2 rings (SSSR count). The van der Waals surface area contributed by atoms with Gasteiger partial charge >= 0.3 is 0 Å². The van der Waals surface area contributed by atoms with Gasteiger partial charge in [-0.3, -0.25) is 0 Å². The highest BCUT2D eigenvalue weighted by Gasteiger charge is 2.05. The van der Waals surface area contributed by atoms with Crippen LogP contribution in [0.3, 0.4) is 0 Å². The predicted octanol–water partition coefficient (Wildman–Crippen LogP) is 1.40. The second-order valence-electron chi connectivity index (χ2n) is 3.87. The van der Waals surface area contributed by atoms with Gasteiger partial charge in [0.05, 0.1) is 25.0 Å². The highest BCUT2D eigenvalue weighted by Crippen LogP contribution is 2.09. The lowest BCUT2D eigenvalue weighted by Gasteiger charge is -2.11. The van der Waals surface area contributed by atoms with E-state index in [1.165, 1.54) is 6.26 Å². The number of aromatic nitrogens is 1. The molecule has 0 radical (unpaired) electrons. The molecular weight excluding hydrogens is 252 g/mol. The lowest BCUT2D eigenvalue weighted by Crippen LogP contribution is -2.30. The van der Waals surface area contributed by atoms with Gasteiger partial charge in [0.25, 0.3) is 0 Å². The fraction of sp³-hybridized carbons (Fsp3) is 0.417. The first-order valence-corrected chi connectivity index (χ1v) is 6.60. The summed E-state index contributed by atoms with van der Waals surface area (Å²) >= 11 is 1.65. The van der Waals surface area contributed by atoms with E-state index in [9.17, 15) is 5.11 Å². The highest BCUT2D eigenvalue weighted by molar-refractivity contribution is 7.09. The van der Waals surface area contributed by atoms with Gasteiger partial charge < -0.3 is 19.7 Å². The molecule has 0 aliphatic heterocycles. The second-order valence-corrected chi connectivity index (χ2v) is 4.90. The first-order chi connectivity index (χ1) is 8.84. The highest BCUT2D eigenvalue weighted by atomic mass is 32.1. The van der Waals surface area contributed by atoms with Crippen molar-refractivity contribution in [2.75, 3.05) is 13.2 Å². The molecule has 0 aromatic carbocycles. The van der Waals surface area contributed by atoms with Crippen molar-refractivity contribution in [2.45, 2.75) is 19.3 Å². The zero-order chi connectivity index (χ0) is 12.6. The fourth-order valence-corrected chi connectivity index (χ4v) is 2.09. The zero-order valence-corrected chi connectivity index (χ0v) is 10.7. The van der Waals surface area contributed by atoms with Crippen LogP contribution in [0, 0.1) is 0 Å². The number of ether oxygens (including phenoxy) is 1. The number of nitrogens with one attached hydrogen (secondary N) is 1. The Morgan fingerprint density at radius 2 is 2.44 bits per heavy atom. The average molecular weight is 268 g/mol. The van der Waals surface area contributed by atoms with Crippen molar-refractivity contribution in [3.63, 3.8) is 0 Å². The van der Waals surface area contributed by atoms with E-state index in [-0.39, 0.29) is 0 Å². The number of aliphatic hydroxyl groups excluding tert-OH is 1. The van der Waals surface area contributed by atoms with Gasteiger partial charge in [0.1, 0.15) is 6.26 Å². The molecule has 0 spiro atoms. The van der Waals surface area contributed by atoms with E-state index in [0.29, 0.717) is 26.3 Å². The molecule has 2 N–H and O–H groups in total. The van der Waals surface area contributed by atoms with Crippen LogP contribution in [0.5, 0.6) is 0 Å². The Kier molecular flexibility index (Phi) is 5.35. The molecule has 1 atom stereocenters. The molecule has 18 heavy (non-hydrogen) atoms. The molecule has 1 unspecified atom stereocenters. The number of hydrogen-bond acceptors (Lipinski definition) is 6. The third-order valence-corrected chi connectivity index (χ3v) is 3.16. The van der Waals surface area contributed by atoms with Crippen molar-refractivity contribution in [1.29, 1.82) is 0 Å². The van der Waals surface area contributed by atoms with Crippen LogP contribution in [-0.4, -0.2) is 29.5 Å². The van der Waals surface area contributed by atoms with E-state index in [4.69, 9.17) is 9.26 Å². The molecule has 2 heterocycles. The van der Waals surface area contributed by atoms with Crippen LogP contribution in [0.15, 0.2) is 34.4 Å². The van der Waals surface area contributed by atoms with Crippen LogP contribution in [0.2, 0.25) is 0 Å². The molecule has 0 bridgehead atoms. The maximum Gasteiger partial charge on any atom is 0.124 e. The standard InChI is InChI=1S/C12H16N2O3S/c15-11(7-13-6-10-3-4-17-14-10)8-16-9-12-2-1-5-18-12/h1-5,11,13,15H,6-9H2. The largest absolute Gasteiger partial charge is 0.389 e. The van der Waals surface area contributed by atoms with Gasteiger partial charge in [-0.05, 0) is 11.4 Å². The number of thiophene rings is 1. The van der Waals surface area contributed by atoms with Crippen LogP contribution in [0.25, 0.3) is 0 Å². The average Bonchev–Trinajstić information content (AvgIpc) is 3.01. The Morgan fingerprint density at radius 1 is 1.50 bits per heavy atom. The molecule has 98 valence electrons. The topological polar surface area (TPSA) is 67.5 Å². The van der Waals surface area contributed by atoms with Crippen molar-refractivity contribution in [1.82, 2.24) is 10.5 Å². The Balaban J connectivity index is 1.53. The predicted molar refractivity (Wildman–Crippen MR) is 68.2 cm³/mol. The molecular formula is C12H16N2O3S. The maximum atomic E-state index is 9.68.